The Balaban J connectivity index is 1.93. The van der Waals surface area contributed by atoms with Crippen molar-refractivity contribution in [3.05, 3.63) is 45.4 Å². The molecule has 0 aromatic heterocycles. The number of amides is 1. The first kappa shape index (κ1) is 13.3. The van der Waals surface area contributed by atoms with Crippen molar-refractivity contribution in [1.82, 2.24) is 0 Å². The molecule has 3 rings (SSSR count). The predicted octanol–water partition coefficient (Wildman–Crippen LogP) is 3.92. The van der Waals surface area contributed by atoms with Crippen molar-refractivity contribution in [3.8, 4) is 0 Å². The fraction of sp³-hybridized carbons (Fsp3) is 0.0714. The highest BCUT2D eigenvalue weighted by molar-refractivity contribution is 9.10. The van der Waals surface area contributed by atoms with Gasteiger partial charge in [-0.15, -0.1) is 0 Å². The van der Waals surface area contributed by atoms with Gasteiger partial charge in [0.05, 0.1) is 22.8 Å². The number of nitrogens with two attached hydrogens (primary N) is 1. The number of halogens is 2. The van der Waals surface area contributed by atoms with Crippen molar-refractivity contribution in [3.63, 3.8) is 0 Å². The van der Waals surface area contributed by atoms with Crippen molar-refractivity contribution in [1.29, 1.82) is 0 Å². The summed E-state index contributed by atoms with van der Waals surface area (Å²) in [7, 11) is 0. The Morgan fingerprint density at radius 1 is 1.30 bits per heavy atom. The lowest BCUT2D eigenvalue weighted by atomic mass is 10.1. The van der Waals surface area contributed by atoms with Crippen LogP contribution in [0.4, 0.5) is 22.7 Å². The minimum absolute atomic E-state index is 0.0109. The quantitative estimate of drug-likeness (QED) is 0.718. The van der Waals surface area contributed by atoms with Gasteiger partial charge in [-0.1, -0.05) is 11.6 Å². The normalized spacial score (nSPS) is 13.0. The first-order chi connectivity index (χ1) is 9.52. The van der Waals surface area contributed by atoms with Gasteiger partial charge in [0.15, 0.2) is 0 Å². The van der Waals surface area contributed by atoms with Crippen LogP contribution in [0.15, 0.2) is 34.8 Å². The van der Waals surface area contributed by atoms with Crippen LogP contribution in [0.1, 0.15) is 5.56 Å². The zero-order valence-electron chi connectivity index (χ0n) is 10.3. The van der Waals surface area contributed by atoms with Crippen molar-refractivity contribution in [2.24, 2.45) is 0 Å². The van der Waals surface area contributed by atoms with Gasteiger partial charge in [-0.05, 0) is 51.8 Å². The van der Waals surface area contributed by atoms with E-state index in [9.17, 15) is 4.79 Å². The van der Waals surface area contributed by atoms with Crippen LogP contribution in [-0.4, -0.2) is 5.91 Å². The third-order valence-electron chi connectivity index (χ3n) is 3.10. The Hall–Kier alpha value is -1.72. The van der Waals surface area contributed by atoms with Crippen LogP contribution in [0.25, 0.3) is 0 Å². The minimum Gasteiger partial charge on any atom is -0.397 e. The molecule has 0 saturated heterocycles. The number of carbonyl (C=O) groups is 1. The van der Waals surface area contributed by atoms with Gasteiger partial charge in [-0.25, -0.2) is 0 Å². The molecule has 4 N–H and O–H groups in total. The SMILES string of the molecule is Nc1cc2c(cc1Nc1ccc(Br)c(Cl)c1)NC(=O)C2. The molecule has 2 aromatic carbocycles. The van der Waals surface area contributed by atoms with E-state index >= 15 is 0 Å². The summed E-state index contributed by atoms with van der Waals surface area (Å²) in [4.78, 5) is 11.4. The molecular weight excluding hydrogens is 342 g/mol. The molecule has 0 saturated carbocycles. The molecule has 0 atom stereocenters. The summed E-state index contributed by atoms with van der Waals surface area (Å²) in [5, 5.41) is 6.62. The van der Waals surface area contributed by atoms with Gasteiger partial charge in [0.25, 0.3) is 0 Å². The van der Waals surface area contributed by atoms with E-state index in [4.69, 9.17) is 17.3 Å². The van der Waals surface area contributed by atoms with E-state index in [0.717, 1.165) is 27.1 Å². The summed E-state index contributed by atoms with van der Waals surface area (Å²) in [5.41, 5.74) is 9.90. The van der Waals surface area contributed by atoms with Crippen molar-refractivity contribution in [2.75, 3.05) is 16.4 Å². The first-order valence-electron chi connectivity index (χ1n) is 5.97. The lowest BCUT2D eigenvalue weighted by Crippen LogP contribution is -2.03. The number of fused-ring (bicyclic) bond motifs is 1. The number of nitrogens with one attached hydrogen (secondary N) is 2. The van der Waals surface area contributed by atoms with Gasteiger partial charge < -0.3 is 16.4 Å². The van der Waals surface area contributed by atoms with Crippen molar-refractivity contribution < 1.29 is 4.79 Å². The molecule has 2 aromatic rings. The number of nitrogen functional groups attached to an aromatic ring is 1. The summed E-state index contributed by atoms with van der Waals surface area (Å²) in [6.45, 7) is 0. The Morgan fingerprint density at radius 2 is 2.10 bits per heavy atom. The summed E-state index contributed by atoms with van der Waals surface area (Å²) in [5.74, 6) is -0.0109. The first-order valence-corrected chi connectivity index (χ1v) is 7.14. The number of hydrogen-bond donors (Lipinski definition) is 3. The lowest BCUT2D eigenvalue weighted by molar-refractivity contribution is -0.115. The molecular formula is C14H11BrClN3O. The number of rotatable bonds is 2. The van der Waals surface area contributed by atoms with E-state index in [-0.39, 0.29) is 5.91 Å². The Labute approximate surface area is 129 Å². The molecule has 1 heterocycles. The van der Waals surface area contributed by atoms with Crippen LogP contribution < -0.4 is 16.4 Å². The predicted molar refractivity (Wildman–Crippen MR) is 85.6 cm³/mol. The third-order valence-corrected chi connectivity index (χ3v) is 4.33. The van der Waals surface area contributed by atoms with E-state index in [2.05, 4.69) is 26.6 Å². The van der Waals surface area contributed by atoms with Gasteiger partial charge in [0.2, 0.25) is 5.91 Å². The van der Waals surface area contributed by atoms with E-state index in [1.807, 2.05) is 24.3 Å². The van der Waals surface area contributed by atoms with Gasteiger partial charge in [-0.3, -0.25) is 4.79 Å². The molecule has 4 nitrogen and oxygen atoms in total. The van der Waals surface area contributed by atoms with E-state index in [1.54, 1.807) is 6.07 Å². The van der Waals surface area contributed by atoms with E-state index in [1.165, 1.54) is 0 Å². The molecule has 0 fully saturated rings. The fourth-order valence-electron chi connectivity index (χ4n) is 2.13. The highest BCUT2D eigenvalue weighted by Crippen LogP contribution is 2.34. The third kappa shape index (κ3) is 2.46. The maximum absolute atomic E-state index is 11.4. The molecule has 102 valence electrons. The second-order valence-electron chi connectivity index (χ2n) is 4.58. The average Bonchev–Trinajstić information content (AvgIpc) is 2.73. The molecule has 0 aliphatic carbocycles. The smallest absolute Gasteiger partial charge is 0.228 e. The number of hydrogen-bond acceptors (Lipinski definition) is 3. The number of benzene rings is 2. The Kier molecular flexibility index (Phi) is 3.31. The molecule has 0 radical (unpaired) electrons. The second kappa shape index (κ2) is 5.00. The van der Waals surface area contributed by atoms with Crippen molar-refractivity contribution >= 4 is 56.2 Å². The summed E-state index contributed by atoms with van der Waals surface area (Å²) < 4.78 is 0.832. The maximum Gasteiger partial charge on any atom is 0.228 e. The molecule has 0 unspecified atom stereocenters. The molecule has 0 bridgehead atoms. The largest absolute Gasteiger partial charge is 0.397 e. The second-order valence-corrected chi connectivity index (χ2v) is 5.84. The van der Waals surface area contributed by atoms with E-state index in [0.29, 0.717) is 17.1 Å². The van der Waals surface area contributed by atoms with Crippen LogP contribution in [0.3, 0.4) is 0 Å². The zero-order valence-corrected chi connectivity index (χ0v) is 12.7. The van der Waals surface area contributed by atoms with Crippen LogP contribution in [-0.2, 0) is 11.2 Å². The standard InChI is InChI=1S/C14H11BrClN3O/c15-9-2-1-8(5-10(9)16)18-13-6-12-7(3-11(13)17)4-14(20)19-12/h1-3,5-6,18H,4,17H2,(H,19,20). The van der Waals surface area contributed by atoms with Gasteiger partial charge >= 0.3 is 0 Å². The zero-order chi connectivity index (χ0) is 14.3. The summed E-state index contributed by atoms with van der Waals surface area (Å²) >= 11 is 9.40. The van der Waals surface area contributed by atoms with Gasteiger partial charge in [-0.2, -0.15) is 0 Å². The molecule has 1 amide bonds. The number of anilines is 4. The molecule has 1 aliphatic rings. The maximum atomic E-state index is 11.4. The van der Waals surface area contributed by atoms with Crippen LogP contribution >= 0.6 is 27.5 Å². The van der Waals surface area contributed by atoms with Crippen molar-refractivity contribution in [2.45, 2.75) is 6.42 Å². The highest BCUT2D eigenvalue weighted by atomic mass is 79.9. The van der Waals surface area contributed by atoms with Crippen LogP contribution in [0.5, 0.6) is 0 Å². The minimum atomic E-state index is -0.0109. The molecule has 6 heteroatoms. The fourth-order valence-corrected chi connectivity index (χ4v) is 2.56. The van der Waals surface area contributed by atoms with Crippen LogP contribution in [0, 0.1) is 0 Å². The molecule has 1 aliphatic heterocycles. The monoisotopic (exact) mass is 351 g/mol. The Bertz CT molecular complexity index is 718. The van der Waals surface area contributed by atoms with E-state index < -0.39 is 0 Å². The Morgan fingerprint density at radius 3 is 2.85 bits per heavy atom. The van der Waals surface area contributed by atoms with Gasteiger partial charge in [0, 0.05) is 15.8 Å². The topological polar surface area (TPSA) is 67.2 Å². The van der Waals surface area contributed by atoms with Gasteiger partial charge in [0.1, 0.15) is 0 Å². The molecule has 20 heavy (non-hydrogen) atoms. The van der Waals surface area contributed by atoms with Crippen LogP contribution in [0.2, 0.25) is 5.02 Å². The highest BCUT2D eigenvalue weighted by Gasteiger charge is 2.19. The summed E-state index contributed by atoms with van der Waals surface area (Å²) in [6, 6.07) is 9.20. The summed E-state index contributed by atoms with van der Waals surface area (Å²) in [6.07, 6.45) is 0.379. The number of carbonyl (C=O) groups excluding carboxylic acids is 1. The average molecular weight is 353 g/mol. The molecule has 0 spiro atoms. The lowest BCUT2D eigenvalue weighted by Gasteiger charge is -2.12.